The molecule has 0 bridgehead atoms. The number of ether oxygens (including phenoxy) is 1. The number of aromatic nitrogens is 3. The van der Waals surface area contributed by atoms with Crippen LogP contribution in [0.4, 0.5) is 4.79 Å². The quantitative estimate of drug-likeness (QED) is 0.210. The third-order valence-electron chi connectivity index (χ3n) is 9.80. The van der Waals surface area contributed by atoms with Crippen molar-refractivity contribution in [3.8, 4) is 0 Å². The number of hydrogen-bond acceptors (Lipinski definition) is 8. The highest BCUT2D eigenvalue weighted by Gasteiger charge is 2.44. The molecule has 2 fully saturated rings. The number of nitrogens with one attached hydrogen (secondary N) is 3. The third-order valence-corrected chi connectivity index (χ3v) is 9.80. The number of H-pyrrole nitrogens is 1. The molecule has 1 unspecified atom stereocenters. The topological polar surface area (TPSA) is 136 Å². The first-order valence-electron chi connectivity index (χ1n) is 18.0. The van der Waals surface area contributed by atoms with Crippen LogP contribution in [0.5, 0.6) is 0 Å². The Morgan fingerprint density at radius 2 is 1.61 bits per heavy atom. The van der Waals surface area contributed by atoms with E-state index in [0.29, 0.717) is 31.3 Å². The Morgan fingerprint density at radius 3 is 2.29 bits per heavy atom. The number of alkyl carbamates (subject to hydrolysis) is 1. The highest BCUT2D eigenvalue weighted by atomic mass is 16.6. The van der Waals surface area contributed by atoms with Crippen molar-refractivity contribution in [1.82, 2.24) is 40.7 Å². The van der Waals surface area contributed by atoms with Gasteiger partial charge in [0, 0.05) is 45.3 Å². The fourth-order valence-electron chi connectivity index (χ4n) is 7.08. The first-order valence-corrected chi connectivity index (χ1v) is 18.0. The second kappa shape index (κ2) is 16.0. The highest BCUT2D eigenvalue weighted by Crippen LogP contribution is 2.27. The van der Waals surface area contributed by atoms with Gasteiger partial charge in [-0.3, -0.25) is 24.5 Å². The fourth-order valence-corrected chi connectivity index (χ4v) is 7.08. The predicted molar refractivity (Wildman–Crippen MR) is 196 cm³/mol. The molecular formula is C39H50N8O4. The van der Waals surface area contributed by atoms with E-state index >= 15 is 0 Å². The van der Waals surface area contributed by atoms with Crippen LogP contribution in [0.2, 0.25) is 0 Å². The van der Waals surface area contributed by atoms with Gasteiger partial charge < -0.3 is 20.3 Å². The molecule has 4 atom stereocenters. The lowest BCUT2D eigenvalue weighted by molar-refractivity contribution is -0.140. The predicted octanol–water partition coefficient (Wildman–Crippen LogP) is 4.45. The molecule has 2 saturated heterocycles. The Hall–Kier alpha value is -4.81. The molecule has 0 radical (unpaired) electrons. The zero-order valence-electron chi connectivity index (χ0n) is 30.0. The van der Waals surface area contributed by atoms with Crippen LogP contribution in [-0.2, 0) is 27.3 Å². The summed E-state index contributed by atoms with van der Waals surface area (Å²) in [6, 6.07) is 24.2. The zero-order valence-corrected chi connectivity index (χ0v) is 30.0. The van der Waals surface area contributed by atoms with Gasteiger partial charge in [-0.05, 0) is 75.8 Å². The van der Waals surface area contributed by atoms with E-state index in [1.54, 1.807) is 25.7 Å². The first-order chi connectivity index (χ1) is 24.5. The van der Waals surface area contributed by atoms with E-state index in [2.05, 4.69) is 60.1 Å². The molecule has 3 heterocycles. The maximum absolute atomic E-state index is 14.6. The van der Waals surface area contributed by atoms with Crippen molar-refractivity contribution >= 4 is 28.9 Å². The summed E-state index contributed by atoms with van der Waals surface area (Å²) in [6.07, 6.45) is 0.788. The van der Waals surface area contributed by atoms with Gasteiger partial charge in [0.05, 0.1) is 11.6 Å². The van der Waals surface area contributed by atoms with Crippen LogP contribution >= 0.6 is 0 Å². The average Bonchev–Trinajstić information content (AvgIpc) is 3.78. The molecule has 51 heavy (non-hydrogen) atoms. The number of aryl methyl sites for hydroxylation is 1. The zero-order chi connectivity index (χ0) is 36.0. The molecule has 270 valence electrons. The normalized spacial score (nSPS) is 19.8. The van der Waals surface area contributed by atoms with Crippen LogP contribution < -0.4 is 10.6 Å². The van der Waals surface area contributed by atoms with Gasteiger partial charge in [-0.15, -0.1) is 5.10 Å². The Kier molecular flexibility index (Phi) is 11.3. The maximum atomic E-state index is 14.6. The molecule has 4 aromatic rings. The number of amides is 3. The number of carbonyl (C=O) groups is 3. The lowest BCUT2D eigenvalue weighted by atomic mass is 10.0. The molecule has 0 aliphatic carbocycles. The van der Waals surface area contributed by atoms with Crippen molar-refractivity contribution in [2.24, 2.45) is 0 Å². The minimum Gasteiger partial charge on any atom is -0.444 e. The number of hydrogen-bond donors (Lipinski definition) is 3. The molecule has 0 saturated carbocycles. The SMILES string of the molecule is CC(NC(=O)[C@@H]1C[C@H](N2CCN(Cc3ccccc3)CC2)CN1C(=O)[C@@H](CCc1ccccc1)NC(=O)OC(C)(C)C)c1ccc2[nH]nnc2c1. The highest BCUT2D eigenvalue weighted by molar-refractivity contribution is 5.92. The Bertz CT molecular complexity index is 1770. The number of carbonyl (C=O) groups excluding carboxylic acids is 3. The average molecular weight is 695 g/mol. The molecule has 6 rings (SSSR count). The van der Waals surface area contributed by atoms with Gasteiger partial charge in [-0.1, -0.05) is 71.9 Å². The van der Waals surface area contributed by atoms with Gasteiger partial charge in [0.15, 0.2) is 0 Å². The number of piperazine rings is 1. The Morgan fingerprint density at radius 1 is 0.922 bits per heavy atom. The molecular weight excluding hydrogens is 644 g/mol. The monoisotopic (exact) mass is 694 g/mol. The summed E-state index contributed by atoms with van der Waals surface area (Å²) in [5, 5.41) is 16.9. The number of likely N-dealkylation sites (tertiary alicyclic amines) is 1. The molecule has 0 spiro atoms. The van der Waals surface area contributed by atoms with Crippen LogP contribution in [0.25, 0.3) is 11.0 Å². The third kappa shape index (κ3) is 9.50. The largest absolute Gasteiger partial charge is 0.444 e. The molecule has 3 amide bonds. The van der Waals surface area contributed by atoms with Gasteiger partial charge in [-0.2, -0.15) is 0 Å². The van der Waals surface area contributed by atoms with Crippen molar-refractivity contribution in [1.29, 1.82) is 0 Å². The second-order valence-corrected chi connectivity index (χ2v) is 14.7. The number of nitrogens with zero attached hydrogens (tertiary/aromatic N) is 5. The molecule has 2 aliphatic rings. The molecule has 3 N–H and O–H groups in total. The van der Waals surface area contributed by atoms with Crippen molar-refractivity contribution in [3.05, 3.63) is 95.6 Å². The standard InChI is InChI=1S/C39H50N8O4/c1-27(30-16-18-32-34(23-30)43-44-42-32)40-36(48)35-24-31(46-21-19-45(20-22-46)25-29-13-9-6-10-14-29)26-47(35)37(49)33(41-38(50)51-39(2,3)4)17-15-28-11-7-5-8-12-28/h5-14,16,18,23,27,31,33,35H,15,17,19-22,24-26H2,1-4H3,(H,40,48)(H,41,50)(H,42,43,44)/t27?,31-,33+,35-/m0/s1. The summed E-state index contributed by atoms with van der Waals surface area (Å²) < 4.78 is 5.58. The lowest BCUT2D eigenvalue weighted by Gasteiger charge is -2.38. The van der Waals surface area contributed by atoms with Crippen LogP contribution in [0, 0.1) is 0 Å². The van der Waals surface area contributed by atoms with E-state index < -0.39 is 23.8 Å². The van der Waals surface area contributed by atoms with E-state index in [4.69, 9.17) is 4.74 Å². The second-order valence-electron chi connectivity index (χ2n) is 14.7. The number of aromatic amines is 1. The van der Waals surface area contributed by atoms with Gasteiger partial charge >= 0.3 is 6.09 Å². The molecule has 12 nitrogen and oxygen atoms in total. The van der Waals surface area contributed by atoms with Gasteiger partial charge in [0.1, 0.15) is 23.2 Å². The molecule has 1 aromatic heterocycles. The van der Waals surface area contributed by atoms with Crippen molar-refractivity contribution in [3.63, 3.8) is 0 Å². The molecule has 12 heteroatoms. The van der Waals surface area contributed by atoms with Gasteiger partial charge in [0.2, 0.25) is 11.8 Å². The van der Waals surface area contributed by atoms with Gasteiger partial charge in [-0.25, -0.2) is 4.79 Å². The summed E-state index contributed by atoms with van der Waals surface area (Å²) in [6.45, 7) is 12.1. The number of rotatable bonds is 11. The smallest absolute Gasteiger partial charge is 0.408 e. The summed E-state index contributed by atoms with van der Waals surface area (Å²) in [4.78, 5) is 48.4. The minimum atomic E-state index is -0.871. The van der Waals surface area contributed by atoms with E-state index in [-0.39, 0.29) is 23.9 Å². The molecule has 3 aromatic carbocycles. The Labute approximate surface area is 299 Å². The minimum absolute atomic E-state index is 0.00154. The Balaban J connectivity index is 1.20. The van der Waals surface area contributed by atoms with Crippen molar-refractivity contribution < 1.29 is 19.1 Å². The van der Waals surface area contributed by atoms with Crippen molar-refractivity contribution in [2.75, 3.05) is 32.7 Å². The summed E-state index contributed by atoms with van der Waals surface area (Å²) in [5.74, 6) is -0.501. The first kappa shape index (κ1) is 36.0. The van der Waals surface area contributed by atoms with E-state index in [0.717, 1.165) is 49.4 Å². The fraction of sp³-hybridized carbons (Fsp3) is 0.462. The van der Waals surface area contributed by atoms with Crippen LogP contribution in [-0.4, -0.2) is 104 Å². The summed E-state index contributed by atoms with van der Waals surface area (Å²) in [5.41, 5.74) is 4.03. The van der Waals surface area contributed by atoms with E-state index in [1.807, 2.05) is 61.5 Å². The van der Waals surface area contributed by atoms with Crippen LogP contribution in [0.3, 0.4) is 0 Å². The van der Waals surface area contributed by atoms with Crippen LogP contribution in [0.1, 0.15) is 63.3 Å². The maximum Gasteiger partial charge on any atom is 0.408 e. The number of fused-ring (bicyclic) bond motifs is 1. The van der Waals surface area contributed by atoms with E-state index in [9.17, 15) is 14.4 Å². The van der Waals surface area contributed by atoms with Crippen molar-refractivity contribution in [2.45, 2.75) is 83.3 Å². The summed E-state index contributed by atoms with van der Waals surface area (Å²) >= 11 is 0. The van der Waals surface area contributed by atoms with Crippen LogP contribution in [0.15, 0.2) is 78.9 Å². The lowest BCUT2D eigenvalue weighted by Crippen LogP contribution is -2.54. The van der Waals surface area contributed by atoms with E-state index in [1.165, 1.54) is 5.56 Å². The number of benzene rings is 3. The summed E-state index contributed by atoms with van der Waals surface area (Å²) in [7, 11) is 0. The van der Waals surface area contributed by atoms with Gasteiger partial charge in [0.25, 0.3) is 0 Å². The molecule has 2 aliphatic heterocycles.